The van der Waals surface area contributed by atoms with Crippen LogP contribution in [0.4, 0.5) is 5.69 Å². The Labute approximate surface area is 229 Å². The van der Waals surface area contributed by atoms with Gasteiger partial charge in [0.15, 0.2) is 23.0 Å². The monoisotopic (exact) mass is 531 g/mol. The number of methoxy groups -OCH3 is 5. The predicted octanol–water partition coefficient (Wildman–Crippen LogP) is 6.12. The Morgan fingerprint density at radius 3 is 1.90 bits per heavy atom. The number of hydrogen-bond acceptors (Lipinski definition) is 7. The number of amides is 1. The van der Waals surface area contributed by atoms with E-state index in [0.29, 0.717) is 46.8 Å². The maximum atomic E-state index is 12.8. The van der Waals surface area contributed by atoms with Gasteiger partial charge in [-0.2, -0.15) is 0 Å². The molecule has 0 aliphatic carbocycles. The summed E-state index contributed by atoms with van der Waals surface area (Å²) in [6, 6.07) is 14.7. The van der Waals surface area contributed by atoms with E-state index in [9.17, 15) is 4.79 Å². The van der Waals surface area contributed by atoms with Crippen LogP contribution in [0.25, 0.3) is 18.2 Å². The molecule has 8 heteroatoms. The lowest BCUT2D eigenvalue weighted by Crippen LogP contribution is -2.09. The third kappa shape index (κ3) is 7.58. The summed E-state index contributed by atoms with van der Waals surface area (Å²) in [6.07, 6.45) is 8.58. The minimum Gasteiger partial charge on any atom is -0.493 e. The van der Waals surface area contributed by atoms with Crippen LogP contribution in [-0.4, -0.2) is 48.1 Å². The highest BCUT2D eigenvalue weighted by molar-refractivity contribution is 6.03. The molecule has 0 heterocycles. The Balaban J connectivity index is 1.86. The summed E-state index contributed by atoms with van der Waals surface area (Å²) >= 11 is 0. The normalized spacial score (nSPS) is 10.8. The molecule has 0 saturated heterocycles. The minimum atomic E-state index is -0.335. The van der Waals surface area contributed by atoms with E-state index in [4.69, 9.17) is 28.4 Å². The van der Waals surface area contributed by atoms with Crippen LogP contribution >= 0.6 is 0 Å². The fraction of sp³-hybridized carbons (Fsp3) is 0.194. The second-order valence-electron chi connectivity index (χ2n) is 8.09. The summed E-state index contributed by atoms with van der Waals surface area (Å²) in [7, 11) is 7.74. The molecule has 0 bridgehead atoms. The SMILES string of the molecule is C=CCOc1cccc(/C=C/C(=O)Nc2cc(C=Cc3cc(OC)c(OC)c(OC)c3)cc(OC)c2OC)c1. The average Bonchev–Trinajstić information content (AvgIpc) is 2.97. The molecule has 0 saturated carbocycles. The third-order valence-corrected chi connectivity index (χ3v) is 5.57. The molecule has 3 aromatic rings. The van der Waals surface area contributed by atoms with Gasteiger partial charge >= 0.3 is 0 Å². The van der Waals surface area contributed by atoms with Crippen molar-refractivity contribution in [3.63, 3.8) is 0 Å². The van der Waals surface area contributed by atoms with Crippen LogP contribution in [0.15, 0.2) is 67.3 Å². The first-order valence-corrected chi connectivity index (χ1v) is 12.0. The van der Waals surface area contributed by atoms with Crippen molar-refractivity contribution in [3.8, 4) is 34.5 Å². The molecular formula is C31H33NO7. The van der Waals surface area contributed by atoms with Crippen molar-refractivity contribution in [2.75, 3.05) is 47.5 Å². The van der Waals surface area contributed by atoms with Gasteiger partial charge in [-0.1, -0.05) is 36.9 Å². The van der Waals surface area contributed by atoms with E-state index in [-0.39, 0.29) is 5.91 Å². The van der Waals surface area contributed by atoms with Gasteiger partial charge in [0.2, 0.25) is 11.7 Å². The van der Waals surface area contributed by atoms with Crippen LogP contribution in [0, 0.1) is 0 Å². The quantitative estimate of drug-likeness (QED) is 0.162. The molecule has 3 aromatic carbocycles. The largest absolute Gasteiger partial charge is 0.493 e. The Bertz CT molecular complexity index is 1340. The number of benzene rings is 3. The first-order valence-electron chi connectivity index (χ1n) is 12.0. The summed E-state index contributed by atoms with van der Waals surface area (Å²) in [5.41, 5.74) is 2.87. The Hall–Kier alpha value is -4.85. The van der Waals surface area contributed by atoms with Crippen LogP contribution in [0.5, 0.6) is 34.5 Å². The maximum Gasteiger partial charge on any atom is 0.248 e. The summed E-state index contributed by atoms with van der Waals surface area (Å²) in [5, 5.41) is 2.88. The molecule has 0 unspecified atom stereocenters. The van der Waals surface area contributed by atoms with Gasteiger partial charge in [0, 0.05) is 6.08 Å². The number of ether oxygens (including phenoxy) is 6. The Kier molecular flexibility index (Phi) is 10.4. The molecule has 0 aliphatic rings. The predicted molar refractivity (Wildman–Crippen MR) is 154 cm³/mol. The van der Waals surface area contributed by atoms with Gasteiger partial charge in [-0.05, 0) is 59.2 Å². The van der Waals surface area contributed by atoms with Crippen molar-refractivity contribution in [3.05, 3.63) is 84.0 Å². The molecule has 204 valence electrons. The van der Waals surface area contributed by atoms with Crippen molar-refractivity contribution >= 4 is 29.8 Å². The summed E-state index contributed by atoms with van der Waals surface area (Å²) in [4.78, 5) is 12.8. The zero-order chi connectivity index (χ0) is 28.2. The van der Waals surface area contributed by atoms with E-state index in [1.54, 1.807) is 39.5 Å². The molecule has 1 amide bonds. The minimum absolute atomic E-state index is 0.335. The van der Waals surface area contributed by atoms with Gasteiger partial charge in [0.25, 0.3) is 0 Å². The molecule has 0 spiro atoms. The highest BCUT2D eigenvalue weighted by Crippen LogP contribution is 2.40. The molecule has 0 aromatic heterocycles. The van der Waals surface area contributed by atoms with Crippen molar-refractivity contribution in [2.45, 2.75) is 0 Å². The smallest absolute Gasteiger partial charge is 0.248 e. The van der Waals surface area contributed by atoms with Gasteiger partial charge in [0.1, 0.15) is 12.4 Å². The van der Waals surface area contributed by atoms with E-state index in [0.717, 1.165) is 16.7 Å². The van der Waals surface area contributed by atoms with Gasteiger partial charge in [-0.15, -0.1) is 0 Å². The molecule has 39 heavy (non-hydrogen) atoms. The number of anilines is 1. The second kappa shape index (κ2) is 14.2. The number of carbonyl (C=O) groups excluding carboxylic acids is 1. The van der Waals surface area contributed by atoms with Gasteiger partial charge < -0.3 is 33.7 Å². The maximum absolute atomic E-state index is 12.8. The number of rotatable bonds is 13. The van der Waals surface area contributed by atoms with Crippen molar-refractivity contribution in [1.29, 1.82) is 0 Å². The topological polar surface area (TPSA) is 84.5 Å². The molecule has 0 fully saturated rings. The fourth-order valence-electron chi connectivity index (χ4n) is 3.77. The molecule has 0 radical (unpaired) electrons. The summed E-state index contributed by atoms with van der Waals surface area (Å²) in [5.74, 6) is 2.83. The zero-order valence-corrected chi connectivity index (χ0v) is 22.8. The first-order chi connectivity index (χ1) is 19.0. The average molecular weight is 532 g/mol. The van der Waals surface area contributed by atoms with Crippen LogP contribution in [0.3, 0.4) is 0 Å². The van der Waals surface area contributed by atoms with Crippen LogP contribution in [-0.2, 0) is 4.79 Å². The van der Waals surface area contributed by atoms with Gasteiger partial charge in [-0.3, -0.25) is 4.79 Å². The highest BCUT2D eigenvalue weighted by atomic mass is 16.5. The van der Waals surface area contributed by atoms with E-state index >= 15 is 0 Å². The lowest BCUT2D eigenvalue weighted by molar-refractivity contribution is -0.111. The van der Waals surface area contributed by atoms with Crippen molar-refractivity contribution in [2.24, 2.45) is 0 Å². The van der Waals surface area contributed by atoms with E-state index in [1.165, 1.54) is 20.3 Å². The standard InChI is InChI=1S/C31H33NO7/c1-7-15-39-24-10-8-9-21(16-24)13-14-29(33)32-25-17-22(18-26(34-2)30(25)37-5)11-12-23-19-27(35-3)31(38-6)28(20-23)36-4/h7-14,16-20H,1,15H2,2-6H3,(H,32,33)/b12-11?,14-13+. The summed E-state index contributed by atoms with van der Waals surface area (Å²) in [6.45, 7) is 4.05. The molecular weight excluding hydrogens is 498 g/mol. The van der Waals surface area contributed by atoms with E-state index in [2.05, 4.69) is 11.9 Å². The number of nitrogens with one attached hydrogen (secondary N) is 1. The van der Waals surface area contributed by atoms with Crippen LogP contribution < -0.4 is 33.7 Å². The van der Waals surface area contributed by atoms with Gasteiger partial charge in [0.05, 0.1) is 41.2 Å². The van der Waals surface area contributed by atoms with Gasteiger partial charge in [-0.25, -0.2) is 0 Å². The molecule has 1 N–H and O–H groups in total. The lowest BCUT2D eigenvalue weighted by atomic mass is 10.1. The van der Waals surface area contributed by atoms with Crippen molar-refractivity contribution in [1.82, 2.24) is 0 Å². The number of hydrogen-bond donors (Lipinski definition) is 1. The highest BCUT2D eigenvalue weighted by Gasteiger charge is 2.15. The van der Waals surface area contributed by atoms with Crippen LogP contribution in [0.2, 0.25) is 0 Å². The van der Waals surface area contributed by atoms with E-state index < -0.39 is 0 Å². The second-order valence-corrected chi connectivity index (χ2v) is 8.09. The zero-order valence-electron chi connectivity index (χ0n) is 22.8. The lowest BCUT2D eigenvalue weighted by Gasteiger charge is -2.14. The van der Waals surface area contributed by atoms with Crippen molar-refractivity contribution < 1.29 is 33.2 Å². The Morgan fingerprint density at radius 2 is 1.33 bits per heavy atom. The first kappa shape index (κ1) is 28.7. The number of carbonyl (C=O) groups is 1. The molecule has 3 rings (SSSR count). The van der Waals surface area contributed by atoms with E-state index in [1.807, 2.05) is 54.6 Å². The molecule has 0 aliphatic heterocycles. The Morgan fingerprint density at radius 1 is 0.744 bits per heavy atom. The van der Waals surface area contributed by atoms with Crippen LogP contribution in [0.1, 0.15) is 16.7 Å². The molecule has 8 nitrogen and oxygen atoms in total. The fourth-order valence-corrected chi connectivity index (χ4v) is 3.77. The summed E-state index contributed by atoms with van der Waals surface area (Å²) < 4.78 is 32.9. The third-order valence-electron chi connectivity index (χ3n) is 5.57. The molecule has 0 atom stereocenters.